The van der Waals surface area contributed by atoms with Crippen LogP contribution in [0.25, 0.3) is 11.1 Å². The number of nitrogens with one attached hydrogen (secondary N) is 1. The zero-order valence-corrected chi connectivity index (χ0v) is 16.5. The Morgan fingerprint density at radius 3 is 2.62 bits per heavy atom. The highest BCUT2D eigenvalue weighted by atomic mass is 19.1. The number of rotatable bonds is 7. The summed E-state index contributed by atoms with van der Waals surface area (Å²) in [6, 6.07) is 16.2. The molecule has 6 nitrogen and oxygen atoms in total. The third kappa shape index (κ3) is 4.81. The number of guanidine groups is 1. The average molecular weight is 396 g/mol. The number of nitrogens with two attached hydrogens (primary N) is 1. The number of aliphatic hydroxyl groups is 1. The lowest BCUT2D eigenvalue weighted by atomic mass is 9.81. The van der Waals surface area contributed by atoms with Gasteiger partial charge in [-0.3, -0.25) is 10.3 Å². The van der Waals surface area contributed by atoms with Crippen LogP contribution in [0, 0.1) is 5.82 Å². The zero-order chi connectivity index (χ0) is 20.9. The average Bonchev–Trinajstić information content (AvgIpc) is 3.18. The molecule has 29 heavy (non-hydrogen) atoms. The van der Waals surface area contributed by atoms with Gasteiger partial charge in [0.2, 0.25) is 5.88 Å². The normalized spacial score (nSPS) is 12.2. The number of halogens is 1. The highest BCUT2D eigenvalue weighted by Crippen LogP contribution is 2.33. The molecular weight excluding hydrogens is 371 g/mol. The van der Waals surface area contributed by atoms with Gasteiger partial charge in [-0.25, -0.2) is 4.39 Å². The Hall–Kier alpha value is -3.19. The van der Waals surface area contributed by atoms with Crippen molar-refractivity contribution in [2.45, 2.75) is 25.7 Å². The fraction of sp³-hybridized carbons (Fsp3) is 0.273. The Balaban J connectivity index is 1.76. The Morgan fingerprint density at radius 2 is 1.93 bits per heavy atom. The summed E-state index contributed by atoms with van der Waals surface area (Å²) in [6.45, 7) is 4.56. The van der Waals surface area contributed by atoms with E-state index in [1.165, 1.54) is 6.07 Å². The molecule has 4 N–H and O–H groups in total. The first kappa shape index (κ1) is 20.5. The van der Waals surface area contributed by atoms with E-state index in [2.05, 4.69) is 15.5 Å². The topological polar surface area (TPSA) is 96.7 Å². The standard InChI is InChI=1S/C22H25FN4O2/c1-22(2,19-14-20(29-27-19)26-21(24)25-12-5-13-28)16-10-8-15(9-11-16)17-6-3-4-7-18(17)23/h3-4,6-11,14,28H,5,12-13H2,1-2H3,(H3,24,25,26). The molecule has 0 radical (unpaired) electrons. The van der Waals surface area contributed by atoms with E-state index >= 15 is 0 Å². The lowest BCUT2D eigenvalue weighted by Gasteiger charge is -2.22. The first-order chi connectivity index (χ1) is 13.9. The minimum atomic E-state index is -0.431. The quantitative estimate of drug-likeness (QED) is 0.320. The fourth-order valence-corrected chi connectivity index (χ4v) is 2.97. The molecule has 0 bridgehead atoms. The molecule has 3 rings (SSSR count). The van der Waals surface area contributed by atoms with Crippen LogP contribution in [0.2, 0.25) is 0 Å². The van der Waals surface area contributed by atoms with Gasteiger partial charge in [0.25, 0.3) is 0 Å². The number of aliphatic hydroxyl groups excluding tert-OH is 1. The Morgan fingerprint density at radius 1 is 1.21 bits per heavy atom. The second-order valence-electron chi connectivity index (χ2n) is 7.23. The minimum Gasteiger partial charge on any atom is -0.396 e. The molecule has 1 heterocycles. The predicted molar refractivity (Wildman–Crippen MR) is 112 cm³/mol. The number of anilines is 1. The van der Waals surface area contributed by atoms with E-state index in [1.807, 2.05) is 44.2 Å². The molecule has 2 aromatic carbocycles. The van der Waals surface area contributed by atoms with Gasteiger partial charge in [0.1, 0.15) is 5.82 Å². The van der Waals surface area contributed by atoms with Crippen molar-refractivity contribution in [1.29, 1.82) is 0 Å². The summed E-state index contributed by atoms with van der Waals surface area (Å²) in [6.07, 6.45) is 0.542. The molecule has 0 saturated carbocycles. The maximum absolute atomic E-state index is 14.0. The summed E-state index contributed by atoms with van der Waals surface area (Å²) in [5.41, 5.74) is 8.49. The molecule has 0 fully saturated rings. The van der Waals surface area contributed by atoms with Crippen LogP contribution in [0.4, 0.5) is 10.3 Å². The fourth-order valence-electron chi connectivity index (χ4n) is 2.97. The first-order valence-electron chi connectivity index (χ1n) is 9.42. The Bertz CT molecular complexity index is 980. The summed E-state index contributed by atoms with van der Waals surface area (Å²) in [5, 5.41) is 15.8. The molecule has 3 aromatic rings. The molecule has 0 atom stereocenters. The van der Waals surface area contributed by atoms with E-state index in [1.54, 1.807) is 18.2 Å². The highest BCUT2D eigenvalue weighted by Gasteiger charge is 2.27. The van der Waals surface area contributed by atoms with Crippen molar-refractivity contribution in [3.05, 3.63) is 71.7 Å². The van der Waals surface area contributed by atoms with Crippen LogP contribution in [-0.2, 0) is 5.41 Å². The van der Waals surface area contributed by atoms with Crippen LogP contribution in [0.3, 0.4) is 0 Å². The van der Waals surface area contributed by atoms with Crippen molar-refractivity contribution in [3.8, 4) is 11.1 Å². The van der Waals surface area contributed by atoms with Crippen molar-refractivity contribution in [3.63, 3.8) is 0 Å². The molecule has 1 aromatic heterocycles. The van der Waals surface area contributed by atoms with Crippen LogP contribution in [-0.4, -0.2) is 29.4 Å². The van der Waals surface area contributed by atoms with Crippen molar-refractivity contribution in [2.75, 3.05) is 18.5 Å². The van der Waals surface area contributed by atoms with Gasteiger partial charge in [-0.1, -0.05) is 61.5 Å². The van der Waals surface area contributed by atoms with Crippen molar-refractivity contribution in [1.82, 2.24) is 5.16 Å². The maximum Gasteiger partial charge on any atom is 0.231 e. The number of nitrogens with zero attached hydrogens (tertiary/aromatic N) is 2. The molecule has 152 valence electrons. The third-order valence-corrected chi connectivity index (χ3v) is 4.79. The summed E-state index contributed by atoms with van der Waals surface area (Å²) < 4.78 is 19.4. The van der Waals surface area contributed by atoms with Gasteiger partial charge in [0, 0.05) is 30.2 Å². The van der Waals surface area contributed by atoms with E-state index in [-0.39, 0.29) is 18.4 Å². The Labute approximate surface area is 169 Å². The summed E-state index contributed by atoms with van der Waals surface area (Å²) in [7, 11) is 0. The molecule has 0 aliphatic heterocycles. The van der Waals surface area contributed by atoms with Crippen LogP contribution >= 0.6 is 0 Å². The number of aliphatic imine (C=N–C) groups is 1. The molecule has 0 spiro atoms. The van der Waals surface area contributed by atoms with Gasteiger partial charge in [-0.15, -0.1) is 0 Å². The lowest BCUT2D eigenvalue weighted by Crippen LogP contribution is -2.23. The van der Waals surface area contributed by atoms with Gasteiger partial charge in [0.05, 0.1) is 5.69 Å². The zero-order valence-electron chi connectivity index (χ0n) is 16.5. The van der Waals surface area contributed by atoms with Gasteiger partial charge < -0.3 is 15.4 Å². The van der Waals surface area contributed by atoms with Crippen LogP contribution in [0.1, 0.15) is 31.5 Å². The molecule has 0 saturated heterocycles. The second-order valence-corrected chi connectivity index (χ2v) is 7.23. The van der Waals surface area contributed by atoms with Gasteiger partial charge in [0.15, 0.2) is 5.96 Å². The first-order valence-corrected chi connectivity index (χ1v) is 9.42. The van der Waals surface area contributed by atoms with Crippen molar-refractivity contribution >= 4 is 11.8 Å². The van der Waals surface area contributed by atoms with E-state index in [0.717, 1.165) is 16.8 Å². The summed E-state index contributed by atoms with van der Waals surface area (Å²) in [4.78, 5) is 4.09. The smallest absolute Gasteiger partial charge is 0.231 e. The maximum atomic E-state index is 14.0. The lowest BCUT2D eigenvalue weighted by molar-refractivity contribution is 0.291. The second kappa shape index (κ2) is 8.87. The summed E-state index contributed by atoms with van der Waals surface area (Å²) in [5.74, 6) is 0.347. The van der Waals surface area contributed by atoms with E-state index in [9.17, 15) is 4.39 Å². The number of hydrogen-bond donors (Lipinski definition) is 3. The third-order valence-electron chi connectivity index (χ3n) is 4.79. The van der Waals surface area contributed by atoms with Gasteiger partial charge >= 0.3 is 0 Å². The molecule has 0 aliphatic rings. The number of aromatic nitrogens is 1. The van der Waals surface area contributed by atoms with Crippen LogP contribution in [0.5, 0.6) is 0 Å². The van der Waals surface area contributed by atoms with Gasteiger partial charge in [-0.2, -0.15) is 0 Å². The molecule has 0 unspecified atom stereocenters. The minimum absolute atomic E-state index is 0.0626. The molecule has 0 amide bonds. The van der Waals surface area contributed by atoms with Crippen LogP contribution in [0.15, 0.2) is 64.1 Å². The predicted octanol–water partition coefficient (Wildman–Crippen LogP) is 3.92. The van der Waals surface area contributed by atoms with E-state index < -0.39 is 5.41 Å². The van der Waals surface area contributed by atoms with Crippen molar-refractivity contribution < 1.29 is 14.0 Å². The largest absolute Gasteiger partial charge is 0.396 e. The molecule has 7 heteroatoms. The number of hydrogen-bond acceptors (Lipinski definition) is 4. The monoisotopic (exact) mass is 396 g/mol. The molecule has 0 aliphatic carbocycles. The Kier molecular flexibility index (Phi) is 6.29. The highest BCUT2D eigenvalue weighted by molar-refractivity contribution is 5.90. The van der Waals surface area contributed by atoms with Crippen molar-refractivity contribution in [2.24, 2.45) is 10.7 Å². The van der Waals surface area contributed by atoms with E-state index in [0.29, 0.717) is 24.4 Å². The number of benzene rings is 2. The molecular formula is C22H25FN4O2. The van der Waals surface area contributed by atoms with E-state index in [4.69, 9.17) is 15.4 Å². The van der Waals surface area contributed by atoms with Gasteiger partial charge in [-0.05, 0) is 23.6 Å². The SMILES string of the molecule is CC(C)(c1ccc(-c2ccccc2F)cc1)c1cc(NC(N)=NCCCO)on1. The van der Waals surface area contributed by atoms with Crippen LogP contribution < -0.4 is 11.1 Å². The summed E-state index contributed by atoms with van der Waals surface area (Å²) >= 11 is 0.